The van der Waals surface area contributed by atoms with E-state index in [1.54, 1.807) is 0 Å². The first kappa shape index (κ1) is 17.8. The summed E-state index contributed by atoms with van der Waals surface area (Å²) in [5.41, 5.74) is 0.490. The van der Waals surface area contributed by atoms with Crippen molar-refractivity contribution in [1.82, 2.24) is 0 Å². The molecule has 2 aromatic rings. The Bertz CT molecular complexity index is 872. The molecule has 2 rings (SSSR count). The van der Waals surface area contributed by atoms with Crippen LogP contribution in [0.2, 0.25) is 0 Å². The van der Waals surface area contributed by atoms with Crippen LogP contribution < -0.4 is 9.46 Å². The van der Waals surface area contributed by atoms with Crippen LogP contribution in [0.4, 0.5) is 14.5 Å². The van der Waals surface area contributed by atoms with E-state index < -0.39 is 27.7 Å². The smallest absolute Gasteiger partial charge is 0.229 e. The van der Waals surface area contributed by atoms with Crippen LogP contribution in [-0.4, -0.2) is 14.7 Å². The first-order chi connectivity index (χ1) is 11.2. The number of anilines is 1. The lowest BCUT2D eigenvalue weighted by atomic mass is 10.1. The molecular formula is C15H14F2N2O4S. The minimum atomic E-state index is -3.62. The van der Waals surface area contributed by atoms with Gasteiger partial charge in [0.25, 0.3) is 0 Å². The molecule has 0 aliphatic carbocycles. The summed E-state index contributed by atoms with van der Waals surface area (Å²) in [6, 6.07) is 6.23. The summed E-state index contributed by atoms with van der Waals surface area (Å²) >= 11 is 0. The predicted molar refractivity (Wildman–Crippen MR) is 85.6 cm³/mol. The van der Waals surface area contributed by atoms with E-state index in [2.05, 4.69) is 9.90 Å². The number of hydrogen-bond donors (Lipinski definition) is 1. The average molecular weight is 356 g/mol. The first-order valence-corrected chi connectivity index (χ1v) is 8.66. The zero-order valence-electron chi connectivity index (χ0n) is 12.8. The number of ether oxygens (including phenoxy) is 1. The topological polar surface area (TPSA) is 84.8 Å². The molecule has 6 nitrogen and oxygen atoms in total. The van der Waals surface area contributed by atoms with Gasteiger partial charge in [0.2, 0.25) is 10.0 Å². The Morgan fingerprint density at radius 2 is 1.83 bits per heavy atom. The highest BCUT2D eigenvalue weighted by molar-refractivity contribution is 7.92. The summed E-state index contributed by atoms with van der Waals surface area (Å²) in [6.07, 6.45) is 0.943. The van der Waals surface area contributed by atoms with Crippen molar-refractivity contribution in [3.05, 3.63) is 58.5 Å². The van der Waals surface area contributed by atoms with E-state index in [1.165, 1.54) is 25.1 Å². The van der Waals surface area contributed by atoms with Gasteiger partial charge in [-0.25, -0.2) is 17.2 Å². The van der Waals surface area contributed by atoms with Gasteiger partial charge in [0.1, 0.15) is 11.9 Å². The van der Waals surface area contributed by atoms with E-state index in [0.29, 0.717) is 11.6 Å². The summed E-state index contributed by atoms with van der Waals surface area (Å²) in [6.45, 7) is 1.54. The molecule has 0 aliphatic heterocycles. The van der Waals surface area contributed by atoms with Crippen LogP contribution in [0.3, 0.4) is 0 Å². The van der Waals surface area contributed by atoms with Crippen molar-refractivity contribution in [2.24, 2.45) is 5.18 Å². The van der Waals surface area contributed by atoms with Crippen LogP contribution in [0.1, 0.15) is 18.5 Å². The zero-order valence-corrected chi connectivity index (χ0v) is 13.6. The minimum absolute atomic E-state index is 0.0427. The van der Waals surface area contributed by atoms with E-state index in [9.17, 15) is 22.1 Å². The third-order valence-corrected chi connectivity index (χ3v) is 3.65. The fourth-order valence-electron chi connectivity index (χ4n) is 1.90. The van der Waals surface area contributed by atoms with Crippen molar-refractivity contribution in [2.45, 2.75) is 13.0 Å². The van der Waals surface area contributed by atoms with E-state index >= 15 is 0 Å². The van der Waals surface area contributed by atoms with Gasteiger partial charge in [0.05, 0.1) is 11.9 Å². The van der Waals surface area contributed by atoms with Crippen molar-refractivity contribution in [2.75, 3.05) is 11.0 Å². The number of nitrogens with one attached hydrogen (secondary N) is 1. The largest absolute Gasteiger partial charge is 0.452 e. The number of hydrogen-bond acceptors (Lipinski definition) is 5. The molecule has 0 amide bonds. The molecule has 0 heterocycles. The highest BCUT2D eigenvalue weighted by atomic mass is 32.2. The molecule has 1 unspecified atom stereocenters. The predicted octanol–water partition coefficient (Wildman–Crippen LogP) is 3.96. The number of sulfonamides is 1. The third-order valence-electron chi connectivity index (χ3n) is 3.06. The Morgan fingerprint density at radius 3 is 2.42 bits per heavy atom. The molecule has 0 spiro atoms. The lowest BCUT2D eigenvalue weighted by Gasteiger charge is -2.15. The standard InChI is InChI=1S/C15H14F2N2O4S/c1-9(18-20)10-3-5-13(19-24(2,21)22)15(7-10)23-14-6-4-11(16)8-12(14)17/h3-9,19H,1-2H3. The number of rotatable bonds is 6. The summed E-state index contributed by atoms with van der Waals surface area (Å²) in [5, 5.41) is 2.87. The summed E-state index contributed by atoms with van der Waals surface area (Å²) in [5.74, 6) is -2.06. The van der Waals surface area contributed by atoms with Gasteiger partial charge < -0.3 is 4.74 Å². The Morgan fingerprint density at radius 1 is 1.12 bits per heavy atom. The monoisotopic (exact) mass is 356 g/mol. The Balaban J connectivity index is 2.48. The second kappa shape index (κ2) is 6.91. The third kappa shape index (κ3) is 4.48. The molecule has 128 valence electrons. The average Bonchev–Trinajstić information content (AvgIpc) is 2.49. The van der Waals surface area contributed by atoms with Gasteiger partial charge in [-0.05, 0) is 36.8 Å². The molecule has 0 saturated carbocycles. The van der Waals surface area contributed by atoms with Crippen molar-refractivity contribution in [1.29, 1.82) is 0 Å². The molecule has 9 heteroatoms. The van der Waals surface area contributed by atoms with Crippen LogP contribution in [-0.2, 0) is 10.0 Å². The maximum absolute atomic E-state index is 13.8. The maximum Gasteiger partial charge on any atom is 0.229 e. The second-order valence-corrected chi connectivity index (χ2v) is 6.84. The van der Waals surface area contributed by atoms with Gasteiger partial charge in [0.15, 0.2) is 17.3 Å². The molecular weight excluding hydrogens is 342 g/mol. The maximum atomic E-state index is 13.8. The lowest BCUT2D eigenvalue weighted by Crippen LogP contribution is -2.10. The number of nitroso groups, excluding NO2 is 1. The quantitative estimate of drug-likeness (QED) is 0.794. The van der Waals surface area contributed by atoms with E-state index in [4.69, 9.17) is 4.74 Å². The molecule has 2 aromatic carbocycles. The van der Waals surface area contributed by atoms with E-state index in [-0.39, 0.29) is 17.2 Å². The Labute approximate surface area is 137 Å². The number of benzene rings is 2. The van der Waals surface area contributed by atoms with Crippen LogP contribution in [0.25, 0.3) is 0 Å². The van der Waals surface area contributed by atoms with Crippen LogP contribution in [0.15, 0.2) is 41.6 Å². The fourth-order valence-corrected chi connectivity index (χ4v) is 2.47. The van der Waals surface area contributed by atoms with Gasteiger partial charge in [0, 0.05) is 6.07 Å². The van der Waals surface area contributed by atoms with Gasteiger partial charge in [-0.15, -0.1) is 0 Å². The molecule has 0 aromatic heterocycles. The zero-order chi connectivity index (χ0) is 17.9. The normalized spacial score (nSPS) is 12.5. The van der Waals surface area contributed by atoms with Crippen LogP contribution >= 0.6 is 0 Å². The number of nitrogens with zero attached hydrogens (tertiary/aromatic N) is 1. The summed E-state index contributed by atoms with van der Waals surface area (Å²) < 4.78 is 57.2. The molecule has 0 saturated heterocycles. The van der Waals surface area contributed by atoms with Gasteiger partial charge in [-0.3, -0.25) is 4.72 Å². The number of halogens is 2. The van der Waals surface area contributed by atoms with E-state index in [0.717, 1.165) is 18.4 Å². The van der Waals surface area contributed by atoms with Crippen molar-refractivity contribution in [3.63, 3.8) is 0 Å². The van der Waals surface area contributed by atoms with E-state index in [1.807, 2.05) is 0 Å². The minimum Gasteiger partial charge on any atom is -0.452 e. The van der Waals surface area contributed by atoms with Crippen LogP contribution in [0.5, 0.6) is 11.5 Å². The van der Waals surface area contributed by atoms with Crippen molar-refractivity contribution in [3.8, 4) is 11.5 Å². The molecule has 1 N–H and O–H groups in total. The highest BCUT2D eigenvalue weighted by Gasteiger charge is 2.15. The van der Waals surface area contributed by atoms with Gasteiger partial charge in [-0.1, -0.05) is 11.2 Å². The van der Waals surface area contributed by atoms with Gasteiger partial charge in [-0.2, -0.15) is 4.91 Å². The molecule has 0 bridgehead atoms. The Hall–Kier alpha value is -2.55. The first-order valence-electron chi connectivity index (χ1n) is 6.76. The molecule has 0 radical (unpaired) electrons. The molecule has 1 atom stereocenters. The summed E-state index contributed by atoms with van der Waals surface area (Å²) in [4.78, 5) is 10.7. The Kier molecular flexibility index (Phi) is 5.13. The highest BCUT2D eigenvalue weighted by Crippen LogP contribution is 2.34. The second-order valence-electron chi connectivity index (χ2n) is 5.09. The molecule has 0 aliphatic rings. The van der Waals surface area contributed by atoms with Gasteiger partial charge >= 0.3 is 0 Å². The van der Waals surface area contributed by atoms with Crippen molar-refractivity contribution < 1.29 is 21.9 Å². The molecule has 24 heavy (non-hydrogen) atoms. The lowest BCUT2D eigenvalue weighted by molar-refractivity contribution is 0.438. The van der Waals surface area contributed by atoms with Crippen LogP contribution in [0, 0.1) is 16.5 Å². The van der Waals surface area contributed by atoms with Crippen molar-refractivity contribution >= 4 is 15.7 Å². The SMILES string of the molecule is CC(N=O)c1ccc(NS(C)(=O)=O)c(Oc2ccc(F)cc2F)c1. The molecule has 0 fully saturated rings. The fraction of sp³-hybridized carbons (Fsp3) is 0.200. The summed E-state index contributed by atoms with van der Waals surface area (Å²) in [7, 11) is -3.62.